The SMILES string of the molecule is C[C@@H](O)[C@H](N)C(=O)N[C@@H](Cc1ccc(O)cc1)C(=O)N[C@H](C(=O)N[C@H](C(=O)N[C@@H](CCCNC(=N)N)C(=O)N[C@@H](CCN)C(=O)N[C@H](C(=O)N[C@H](CCN)C(=O)N[C@@H](CCCCN)C(=O)N[C@@H](CS)C(=O)N[C@@H](CCN)C(=O)N[C@@H](CCCNC(=N)N)C(=O)N[C@@H](Cc1ccc(O)cc1)C(=O)O)[C@@H](C)O)[C@@H](C)O)C(C)(C)S. The van der Waals surface area contributed by atoms with Crippen molar-refractivity contribution in [3.8, 4) is 11.5 Å². The Morgan fingerprint density at radius 1 is 0.402 bits per heavy atom. The van der Waals surface area contributed by atoms with E-state index < -0.39 is 190 Å². The molecule has 2 rings (SSSR count). The zero-order valence-corrected chi connectivity index (χ0v) is 65.0. The fraction of sp³-hybridized carbons (Fsp3) is 0.603. The zero-order chi connectivity index (χ0) is 84.7. The number of aliphatic hydroxyl groups is 3. The van der Waals surface area contributed by atoms with E-state index in [-0.39, 0.29) is 127 Å². The highest BCUT2D eigenvalue weighted by Crippen LogP contribution is 2.21. The number of carboxylic acid groups (broad SMARTS) is 1. The first-order valence-corrected chi connectivity index (χ1v) is 37.2. The topological polar surface area (TPSA) is 742 Å². The Balaban J connectivity index is 2.42. The molecule has 44 heteroatoms. The third kappa shape index (κ3) is 35.6. The summed E-state index contributed by atoms with van der Waals surface area (Å²) in [6, 6.07) is -9.68. The second-order valence-corrected chi connectivity index (χ2v) is 28.6. The van der Waals surface area contributed by atoms with Gasteiger partial charge in [-0.15, -0.1) is 0 Å². The number of guanidine groups is 2. The predicted octanol–water partition coefficient (Wildman–Crippen LogP) is -9.40. The molecule has 2 aromatic rings. The number of amides is 12. The lowest BCUT2D eigenvalue weighted by atomic mass is 9.98. The van der Waals surface area contributed by atoms with Gasteiger partial charge in [-0.25, -0.2) is 4.79 Å². The number of benzene rings is 2. The van der Waals surface area contributed by atoms with Crippen molar-refractivity contribution in [2.45, 2.75) is 213 Å². The second-order valence-electron chi connectivity index (χ2n) is 27.1. The van der Waals surface area contributed by atoms with E-state index in [0.717, 1.165) is 13.8 Å². The van der Waals surface area contributed by atoms with Crippen molar-refractivity contribution in [2.75, 3.05) is 45.0 Å². The first kappa shape index (κ1) is 98.1. The van der Waals surface area contributed by atoms with Gasteiger partial charge in [-0.3, -0.25) is 68.4 Å². The number of phenolic OH excluding ortho intramolecular Hbond substituents is 2. The van der Waals surface area contributed by atoms with Gasteiger partial charge in [0.1, 0.15) is 90.0 Å². The maximum Gasteiger partial charge on any atom is 0.326 e. The van der Waals surface area contributed by atoms with Crippen LogP contribution in [0.3, 0.4) is 0 Å². The number of hydrogen-bond acceptors (Lipinski definition) is 27. The number of nitrogens with one attached hydrogen (secondary N) is 16. The number of unbranched alkanes of at least 4 members (excludes halogenated alkanes) is 1. The highest BCUT2D eigenvalue weighted by molar-refractivity contribution is 7.81. The Bertz CT molecular complexity index is 3450. The van der Waals surface area contributed by atoms with Crippen molar-refractivity contribution >= 4 is 114 Å². The van der Waals surface area contributed by atoms with E-state index in [2.05, 4.69) is 99.7 Å². The molecule has 0 aliphatic carbocycles. The molecule has 36 N–H and O–H groups in total. The molecule has 112 heavy (non-hydrogen) atoms. The van der Waals surface area contributed by atoms with Crippen LogP contribution in [-0.4, -0.2) is 266 Å². The van der Waals surface area contributed by atoms with Crippen molar-refractivity contribution in [3.63, 3.8) is 0 Å². The highest BCUT2D eigenvalue weighted by atomic mass is 32.1. The minimum Gasteiger partial charge on any atom is -0.508 e. The lowest BCUT2D eigenvalue weighted by Gasteiger charge is -2.33. The molecule has 16 atom stereocenters. The number of aromatic hydroxyl groups is 2. The van der Waals surface area contributed by atoms with E-state index in [0.29, 0.717) is 17.5 Å². The Hall–Kier alpha value is -9.93. The van der Waals surface area contributed by atoms with Crippen LogP contribution in [-0.2, 0) is 75.2 Å². The number of rotatable bonds is 52. The summed E-state index contributed by atoms with van der Waals surface area (Å²) in [6.45, 7) is 5.67. The standard InChI is InChI=1S/C68H115N23O19S2/c1-33(92)49(73)61(105)86-46(30-36-13-17-38(95)18-14-36)59(103)91-52(68(4,5)112)64(108)90-51(35(3)94)63(107)84-42(12-9-29-79-67(76)77)53(97)82-45(23-27-72)58(102)89-50(34(2)93)62(106)85-44(22-26-71)57(101)80-40(10-6-7-24-69)55(99)88-48(32-111)60(104)83-43(21-25-70)56(100)81-41(11-8-28-78-66(74)75)54(98)87-47(65(109)110)31-37-15-19-39(96)20-16-37/h13-20,33-35,40-52,92-96,111-112H,6-12,21-32,69-73H2,1-5H3,(H,80,101)(H,81,100)(H,82,97)(H,83,104)(H,84,107)(H,85,106)(H,86,105)(H,87,98)(H,88,99)(H,89,102)(H,90,108)(H,91,103)(H,109,110)(H4,74,75,78)(H4,76,77,79)/t33-,34-,35-,40+,41+,42+,43+,44-,45+,46+,47+,48+,49+,50+,51+,52-/m1/s1. The van der Waals surface area contributed by atoms with Crippen LogP contribution in [0.4, 0.5) is 0 Å². The summed E-state index contributed by atoms with van der Waals surface area (Å²) in [4.78, 5) is 181. The maximum absolute atomic E-state index is 14.4. The minimum atomic E-state index is -1.91. The average Bonchev–Trinajstić information content (AvgIpc) is 0.838. The van der Waals surface area contributed by atoms with Crippen LogP contribution < -0.4 is 115 Å². The molecule has 0 saturated carbocycles. The van der Waals surface area contributed by atoms with Gasteiger partial charge >= 0.3 is 5.97 Å². The van der Waals surface area contributed by atoms with Gasteiger partial charge in [-0.2, -0.15) is 25.3 Å². The Labute approximate surface area is 659 Å². The number of aliphatic hydroxyl groups excluding tert-OH is 3. The number of carbonyl (C=O) groups excluding carboxylic acids is 12. The van der Waals surface area contributed by atoms with Crippen LogP contribution in [0, 0.1) is 10.8 Å². The number of carboxylic acids is 1. The van der Waals surface area contributed by atoms with Crippen LogP contribution in [0.5, 0.6) is 11.5 Å². The molecule has 628 valence electrons. The van der Waals surface area contributed by atoms with Gasteiger partial charge in [-0.05, 0) is 160 Å². The number of hydrogen-bond donors (Lipinski definition) is 31. The number of phenols is 2. The fourth-order valence-corrected chi connectivity index (χ4v) is 11.2. The number of aliphatic carboxylic acids is 1. The van der Waals surface area contributed by atoms with Crippen LogP contribution in [0.15, 0.2) is 48.5 Å². The van der Waals surface area contributed by atoms with Crippen molar-refractivity contribution in [2.24, 2.45) is 40.1 Å². The van der Waals surface area contributed by atoms with E-state index in [9.17, 15) is 93.0 Å². The van der Waals surface area contributed by atoms with Crippen molar-refractivity contribution < 1.29 is 93.0 Å². The quantitative estimate of drug-likeness (QED) is 0.0127. The summed E-state index contributed by atoms with van der Waals surface area (Å²) in [6.07, 6.45) is -6.11. The van der Waals surface area contributed by atoms with Gasteiger partial charge in [0.25, 0.3) is 0 Å². The lowest BCUT2D eigenvalue weighted by molar-refractivity contribution is -0.142. The Morgan fingerprint density at radius 3 is 1.04 bits per heavy atom. The Morgan fingerprint density at radius 2 is 0.705 bits per heavy atom. The molecule has 0 aromatic heterocycles. The van der Waals surface area contributed by atoms with Crippen molar-refractivity contribution in [1.82, 2.24) is 74.4 Å². The summed E-state index contributed by atoms with van der Waals surface area (Å²) in [5.74, 6) is -15.4. The Kier molecular flexibility index (Phi) is 43.9. The molecule has 0 radical (unpaired) electrons. The van der Waals surface area contributed by atoms with Crippen molar-refractivity contribution in [3.05, 3.63) is 59.7 Å². The van der Waals surface area contributed by atoms with Crippen LogP contribution in [0.25, 0.3) is 0 Å². The van der Waals surface area contributed by atoms with E-state index in [1.807, 2.05) is 0 Å². The van der Waals surface area contributed by atoms with E-state index in [4.69, 9.17) is 51.0 Å². The fourth-order valence-electron chi connectivity index (χ4n) is 10.8. The van der Waals surface area contributed by atoms with Gasteiger partial charge in [0.2, 0.25) is 70.9 Å². The summed E-state index contributed by atoms with van der Waals surface area (Å²) in [5, 5.41) is 111. The number of carbonyl (C=O) groups is 13. The molecular formula is C68H115N23O19S2. The minimum absolute atomic E-state index is 0.0136. The summed E-state index contributed by atoms with van der Waals surface area (Å²) < 4.78 is -1.47. The first-order chi connectivity index (χ1) is 52.6. The summed E-state index contributed by atoms with van der Waals surface area (Å²) in [5.41, 5.74) is 41.0. The molecule has 42 nitrogen and oxygen atoms in total. The van der Waals surface area contributed by atoms with E-state index >= 15 is 0 Å². The largest absolute Gasteiger partial charge is 0.508 e. The summed E-state index contributed by atoms with van der Waals surface area (Å²) in [7, 11) is 0. The molecule has 12 amide bonds. The third-order valence-electron chi connectivity index (χ3n) is 17.1. The molecule has 0 unspecified atom stereocenters. The molecule has 0 heterocycles. The molecule has 0 aliphatic heterocycles. The predicted molar refractivity (Wildman–Crippen MR) is 417 cm³/mol. The van der Waals surface area contributed by atoms with Gasteiger partial charge in [-0.1, -0.05) is 24.3 Å². The number of thiol groups is 2. The molecule has 0 bridgehead atoms. The second kappa shape index (κ2) is 50.1. The van der Waals surface area contributed by atoms with E-state index in [1.165, 1.54) is 69.3 Å². The molecule has 0 spiro atoms. The van der Waals surface area contributed by atoms with E-state index in [1.54, 1.807) is 0 Å². The highest BCUT2D eigenvalue weighted by Gasteiger charge is 2.41. The molecule has 2 aromatic carbocycles. The first-order valence-electron chi connectivity index (χ1n) is 36.2. The van der Waals surface area contributed by atoms with Gasteiger partial charge in [0.15, 0.2) is 11.9 Å². The van der Waals surface area contributed by atoms with Crippen molar-refractivity contribution in [1.29, 1.82) is 10.8 Å². The van der Waals surface area contributed by atoms with Gasteiger partial charge in [0.05, 0.1) is 18.3 Å². The van der Waals surface area contributed by atoms with Gasteiger partial charge in [0, 0.05) is 36.4 Å². The third-order valence-corrected chi connectivity index (χ3v) is 17.7. The van der Waals surface area contributed by atoms with Crippen LogP contribution in [0.1, 0.15) is 110 Å². The van der Waals surface area contributed by atoms with Crippen LogP contribution >= 0.6 is 25.3 Å². The molecule has 0 fully saturated rings. The van der Waals surface area contributed by atoms with Crippen LogP contribution in [0.2, 0.25) is 0 Å². The normalized spacial score (nSPS) is 15.6. The average molecular weight is 1620 g/mol. The smallest absolute Gasteiger partial charge is 0.326 e. The zero-order valence-electron chi connectivity index (χ0n) is 63.2. The monoisotopic (exact) mass is 1620 g/mol. The lowest BCUT2D eigenvalue weighted by Crippen LogP contribution is -2.64. The molecular weight excluding hydrogens is 1510 g/mol. The maximum atomic E-state index is 14.4. The summed E-state index contributed by atoms with van der Waals surface area (Å²) >= 11 is 8.78. The molecule has 0 aliphatic rings. The molecule has 0 saturated heterocycles. The number of nitrogens with two attached hydrogens (primary N) is 7. The van der Waals surface area contributed by atoms with Gasteiger partial charge < -0.3 is 145 Å².